The number of rotatable bonds is 5. The molecule has 0 aliphatic carbocycles. The maximum atomic E-state index is 13.6. The number of benzene rings is 3. The topological polar surface area (TPSA) is 67.6 Å². The van der Waals surface area contributed by atoms with Crippen molar-refractivity contribution in [1.82, 2.24) is 14.2 Å². The third-order valence-corrected chi connectivity index (χ3v) is 7.88. The second-order valence-electron chi connectivity index (χ2n) is 7.81. The lowest BCUT2D eigenvalue weighted by molar-refractivity contribution is 0.370. The maximum Gasteiger partial charge on any atom is 0.279 e. The fourth-order valence-corrected chi connectivity index (χ4v) is 5.68. The van der Waals surface area contributed by atoms with Crippen molar-refractivity contribution in [2.24, 2.45) is 5.10 Å². The normalized spacial score (nSPS) is 16.1. The predicted molar refractivity (Wildman–Crippen MR) is 132 cm³/mol. The Kier molecular flexibility index (Phi) is 5.64. The zero-order chi connectivity index (χ0) is 23.0. The summed E-state index contributed by atoms with van der Waals surface area (Å²) in [5.41, 5.74) is 4.12. The van der Waals surface area contributed by atoms with Gasteiger partial charge in [-0.15, -0.1) is 0 Å². The van der Waals surface area contributed by atoms with Crippen molar-refractivity contribution < 1.29 is 8.42 Å². The zero-order valence-corrected chi connectivity index (χ0v) is 20.2. The minimum atomic E-state index is -3.86. The smallest absolute Gasteiger partial charge is 0.240 e. The highest BCUT2D eigenvalue weighted by atomic mass is 79.9. The van der Waals surface area contributed by atoms with Crippen molar-refractivity contribution in [1.29, 1.82) is 0 Å². The van der Waals surface area contributed by atoms with Crippen LogP contribution < -0.4 is 0 Å². The van der Waals surface area contributed by atoms with Gasteiger partial charge in [0.25, 0.3) is 10.0 Å². The number of hydrogen-bond donors (Lipinski definition) is 0. The van der Waals surface area contributed by atoms with Crippen LogP contribution in [0.2, 0.25) is 0 Å². The Balaban J connectivity index is 1.60. The first kappa shape index (κ1) is 21.6. The highest BCUT2D eigenvalue weighted by Crippen LogP contribution is 2.38. The second kappa shape index (κ2) is 8.61. The van der Waals surface area contributed by atoms with Gasteiger partial charge in [-0.1, -0.05) is 64.5 Å². The molecule has 0 bridgehead atoms. The molecule has 0 spiro atoms. The molecule has 3 aromatic carbocycles. The Morgan fingerprint density at radius 3 is 2.21 bits per heavy atom. The average Bonchev–Trinajstić information content (AvgIpc) is 3.45. The van der Waals surface area contributed by atoms with Crippen LogP contribution in [-0.4, -0.2) is 28.3 Å². The van der Waals surface area contributed by atoms with Crippen molar-refractivity contribution in [3.8, 4) is 5.69 Å². The van der Waals surface area contributed by atoms with Crippen LogP contribution in [0.15, 0.2) is 106 Å². The molecule has 0 saturated heterocycles. The molecule has 5 rings (SSSR count). The van der Waals surface area contributed by atoms with E-state index in [1.54, 1.807) is 35.0 Å². The molecule has 1 aliphatic rings. The van der Waals surface area contributed by atoms with Gasteiger partial charge in [0, 0.05) is 22.7 Å². The Labute approximate surface area is 201 Å². The van der Waals surface area contributed by atoms with Crippen LogP contribution in [0.5, 0.6) is 0 Å². The van der Waals surface area contributed by atoms with Gasteiger partial charge in [0.05, 0.1) is 28.0 Å². The highest BCUT2D eigenvalue weighted by molar-refractivity contribution is 9.10. The van der Waals surface area contributed by atoms with Gasteiger partial charge >= 0.3 is 0 Å². The average molecular weight is 521 g/mol. The minimum Gasteiger partial charge on any atom is -0.240 e. The quantitative estimate of drug-likeness (QED) is 0.349. The molecule has 0 N–H and O–H groups in total. The number of sulfonamides is 1. The molecule has 1 atom stereocenters. The number of hydrazone groups is 1. The number of nitrogens with zero attached hydrogens (tertiary/aromatic N) is 4. The van der Waals surface area contributed by atoms with Crippen LogP contribution in [0.25, 0.3) is 5.69 Å². The number of hydrogen-bond acceptors (Lipinski definition) is 4. The predicted octanol–water partition coefficient (Wildman–Crippen LogP) is 5.48. The Morgan fingerprint density at radius 2 is 1.55 bits per heavy atom. The van der Waals surface area contributed by atoms with Gasteiger partial charge in [-0.3, -0.25) is 0 Å². The van der Waals surface area contributed by atoms with Gasteiger partial charge in [0.1, 0.15) is 0 Å². The summed E-state index contributed by atoms with van der Waals surface area (Å²) < 4.78 is 31.2. The molecule has 1 aliphatic heterocycles. The molecular formula is C25H21BrN4O2S. The fraction of sp³-hybridized carbons (Fsp3) is 0.120. The molecule has 2 heterocycles. The van der Waals surface area contributed by atoms with E-state index in [1.807, 2.05) is 67.7 Å². The van der Waals surface area contributed by atoms with E-state index in [4.69, 9.17) is 0 Å². The summed E-state index contributed by atoms with van der Waals surface area (Å²) >= 11 is 3.45. The van der Waals surface area contributed by atoms with Crippen LogP contribution in [0.4, 0.5) is 0 Å². The van der Waals surface area contributed by atoms with Crippen molar-refractivity contribution in [2.75, 3.05) is 0 Å². The van der Waals surface area contributed by atoms with E-state index >= 15 is 0 Å². The molecule has 8 heteroatoms. The first-order valence-corrected chi connectivity index (χ1v) is 12.7. The first-order valence-electron chi connectivity index (χ1n) is 10.5. The van der Waals surface area contributed by atoms with E-state index in [0.29, 0.717) is 6.42 Å². The van der Waals surface area contributed by atoms with Gasteiger partial charge in [0.2, 0.25) is 0 Å². The van der Waals surface area contributed by atoms with Crippen LogP contribution in [0, 0.1) is 6.92 Å². The van der Waals surface area contributed by atoms with Crippen molar-refractivity contribution in [3.05, 3.63) is 112 Å². The molecule has 0 fully saturated rings. The summed E-state index contributed by atoms with van der Waals surface area (Å²) in [6, 6.07) is 25.5. The van der Waals surface area contributed by atoms with Gasteiger partial charge in [-0.2, -0.15) is 23.0 Å². The number of aryl methyl sites for hydroxylation is 1. The summed E-state index contributed by atoms with van der Waals surface area (Å²) in [5, 5.41) is 9.29. The van der Waals surface area contributed by atoms with Crippen LogP contribution in [-0.2, 0) is 10.0 Å². The maximum absolute atomic E-state index is 13.6. The molecular weight excluding hydrogens is 500 g/mol. The Bertz CT molecular complexity index is 1420. The van der Waals surface area contributed by atoms with Crippen molar-refractivity contribution >= 4 is 31.7 Å². The van der Waals surface area contributed by atoms with E-state index in [1.165, 1.54) is 4.41 Å². The third kappa shape index (κ3) is 4.12. The largest absolute Gasteiger partial charge is 0.279 e. The van der Waals surface area contributed by atoms with E-state index in [2.05, 4.69) is 26.1 Å². The van der Waals surface area contributed by atoms with Gasteiger partial charge in [-0.05, 0) is 48.9 Å². The van der Waals surface area contributed by atoms with E-state index in [-0.39, 0.29) is 4.90 Å². The van der Waals surface area contributed by atoms with Gasteiger partial charge in [-0.25, -0.2) is 4.68 Å². The third-order valence-electron chi connectivity index (χ3n) is 5.65. The molecule has 6 nitrogen and oxygen atoms in total. The lowest BCUT2D eigenvalue weighted by Gasteiger charge is -2.22. The molecule has 0 saturated carbocycles. The SMILES string of the molecule is Cc1nn(-c2ccccc2)cc1[C@@H]1CC(c2ccc(Br)cc2)=NN1S(=O)(=O)c1ccccc1. The van der Waals surface area contributed by atoms with E-state index in [9.17, 15) is 8.42 Å². The molecule has 33 heavy (non-hydrogen) atoms. The standard InChI is InChI=1S/C25H21BrN4O2S/c1-18-23(17-29(27-18)21-8-4-2-5-9-21)25-16-24(19-12-14-20(26)15-13-19)28-30(25)33(31,32)22-10-6-3-7-11-22/h2-15,17,25H,16H2,1H3/t25-/m0/s1. The summed E-state index contributed by atoms with van der Waals surface area (Å²) in [7, 11) is -3.86. The number of aromatic nitrogens is 2. The molecule has 166 valence electrons. The fourth-order valence-electron chi connectivity index (χ4n) is 3.97. The Morgan fingerprint density at radius 1 is 0.909 bits per heavy atom. The lowest BCUT2D eigenvalue weighted by atomic mass is 10.00. The van der Waals surface area contributed by atoms with Gasteiger partial charge in [0.15, 0.2) is 0 Å². The van der Waals surface area contributed by atoms with Crippen molar-refractivity contribution in [2.45, 2.75) is 24.3 Å². The monoisotopic (exact) mass is 520 g/mol. The lowest BCUT2D eigenvalue weighted by Crippen LogP contribution is -2.27. The van der Waals surface area contributed by atoms with Crippen molar-refractivity contribution in [3.63, 3.8) is 0 Å². The summed E-state index contributed by atoms with van der Waals surface area (Å²) in [4.78, 5) is 0.212. The van der Waals surface area contributed by atoms with Crippen LogP contribution >= 0.6 is 15.9 Å². The van der Waals surface area contributed by atoms with E-state index < -0.39 is 16.1 Å². The van der Waals surface area contributed by atoms with Crippen LogP contribution in [0.3, 0.4) is 0 Å². The molecule has 0 amide bonds. The Hall–Kier alpha value is -3.23. The van der Waals surface area contributed by atoms with Crippen LogP contribution in [0.1, 0.15) is 29.3 Å². The molecule has 1 aromatic heterocycles. The minimum absolute atomic E-state index is 0.212. The zero-order valence-electron chi connectivity index (χ0n) is 17.8. The molecule has 4 aromatic rings. The summed E-state index contributed by atoms with van der Waals surface area (Å²) in [5.74, 6) is 0. The highest BCUT2D eigenvalue weighted by Gasteiger charge is 2.39. The summed E-state index contributed by atoms with van der Waals surface area (Å²) in [6.45, 7) is 1.90. The summed E-state index contributed by atoms with van der Waals surface area (Å²) in [6.07, 6.45) is 2.36. The number of halogens is 1. The number of para-hydroxylation sites is 1. The van der Waals surface area contributed by atoms with Gasteiger partial charge < -0.3 is 0 Å². The molecule has 0 unspecified atom stereocenters. The van der Waals surface area contributed by atoms with E-state index in [0.717, 1.165) is 32.7 Å². The second-order valence-corrected chi connectivity index (χ2v) is 10.5. The first-order chi connectivity index (χ1) is 15.9. The molecule has 0 radical (unpaired) electrons.